The van der Waals surface area contributed by atoms with E-state index in [9.17, 15) is 0 Å². The van der Waals surface area contributed by atoms with E-state index in [1.807, 2.05) is 25.1 Å². The van der Waals surface area contributed by atoms with E-state index in [1.54, 1.807) is 25.3 Å². The second-order valence-corrected chi connectivity index (χ2v) is 4.67. The highest BCUT2D eigenvalue weighted by molar-refractivity contribution is 6.32. The first kappa shape index (κ1) is 13.6. The molecule has 3 nitrogen and oxygen atoms in total. The molecule has 0 fully saturated rings. The molecule has 2 rings (SSSR count). The van der Waals surface area contributed by atoms with Gasteiger partial charge in [-0.15, -0.1) is 0 Å². The predicted octanol–water partition coefficient (Wildman–Crippen LogP) is 3.82. The number of aryl methyl sites for hydroxylation is 1. The SMILES string of the molecule is COc1ccc(C)cc1COc1c(N)cccc1Cl. The average Bonchev–Trinajstić information content (AvgIpc) is 2.38. The van der Waals surface area contributed by atoms with Crippen LogP contribution in [-0.4, -0.2) is 7.11 Å². The van der Waals surface area contributed by atoms with Gasteiger partial charge in [-0.1, -0.05) is 29.3 Å². The summed E-state index contributed by atoms with van der Waals surface area (Å²) in [5, 5.41) is 0.506. The van der Waals surface area contributed by atoms with E-state index in [0.717, 1.165) is 16.9 Å². The standard InChI is InChI=1S/C15H16ClNO2/c1-10-6-7-14(18-2)11(8-10)9-19-15-12(16)4-3-5-13(15)17/h3-8H,9,17H2,1-2H3. The zero-order chi connectivity index (χ0) is 13.8. The normalized spacial score (nSPS) is 10.3. The number of rotatable bonds is 4. The maximum absolute atomic E-state index is 6.06. The van der Waals surface area contributed by atoms with Gasteiger partial charge in [0.1, 0.15) is 12.4 Å². The van der Waals surface area contributed by atoms with Crippen molar-refractivity contribution in [3.05, 3.63) is 52.5 Å². The van der Waals surface area contributed by atoms with Gasteiger partial charge < -0.3 is 15.2 Å². The van der Waals surface area contributed by atoms with E-state index in [1.165, 1.54) is 0 Å². The monoisotopic (exact) mass is 277 g/mol. The Morgan fingerprint density at radius 3 is 2.68 bits per heavy atom. The molecule has 4 heteroatoms. The van der Waals surface area contributed by atoms with Crippen molar-refractivity contribution in [3.8, 4) is 11.5 Å². The first-order chi connectivity index (χ1) is 9.11. The highest BCUT2D eigenvalue weighted by Crippen LogP contribution is 2.32. The highest BCUT2D eigenvalue weighted by Gasteiger charge is 2.08. The number of ether oxygens (including phenoxy) is 2. The van der Waals surface area contributed by atoms with Crippen LogP contribution in [0.2, 0.25) is 5.02 Å². The molecule has 0 unspecified atom stereocenters. The molecule has 0 aliphatic rings. The van der Waals surface area contributed by atoms with E-state index >= 15 is 0 Å². The van der Waals surface area contributed by atoms with Crippen LogP contribution < -0.4 is 15.2 Å². The largest absolute Gasteiger partial charge is 0.496 e. The van der Waals surface area contributed by atoms with E-state index in [0.29, 0.717) is 23.1 Å². The van der Waals surface area contributed by atoms with Gasteiger partial charge in [-0.3, -0.25) is 0 Å². The number of hydrogen-bond donors (Lipinski definition) is 1. The molecule has 0 saturated carbocycles. The second kappa shape index (κ2) is 5.85. The van der Waals surface area contributed by atoms with Crippen LogP contribution in [0.5, 0.6) is 11.5 Å². The molecule has 100 valence electrons. The van der Waals surface area contributed by atoms with E-state index in [-0.39, 0.29) is 0 Å². The van der Waals surface area contributed by atoms with Crippen molar-refractivity contribution in [1.82, 2.24) is 0 Å². The van der Waals surface area contributed by atoms with Crippen LogP contribution in [0.25, 0.3) is 0 Å². The number of methoxy groups -OCH3 is 1. The fourth-order valence-electron chi connectivity index (χ4n) is 1.85. The smallest absolute Gasteiger partial charge is 0.161 e. The van der Waals surface area contributed by atoms with E-state index in [4.69, 9.17) is 26.8 Å². The van der Waals surface area contributed by atoms with Gasteiger partial charge in [0.25, 0.3) is 0 Å². The van der Waals surface area contributed by atoms with Gasteiger partial charge in [-0.25, -0.2) is 0 Å². The summed E-state index contributed by atoms with van der Waals surface area (Å²) in [6.07, 6.45) is 0. The Bertz CT molecular complexity index is 564. The summed E-state index contributed by atoms with van der Waals surface area (Å²) in [6, 6.07) is 11.2. The van der Waals surface area contributed by atoms with Gasteiger partial charge in [0, 0.05) is 5.56 Å². The van der Waals surface area contributed by atoms with Crippen molar-refractivity contribution in [1.29, 1.82) is 0 Å². The number of hydrogen-bond acceptors (Lipinski definition) is 3. The van der Waals surface area contributed by atoms with Crippen LogP contribution in [0.4, 0.5) is 5.69 Å². The summed E-state index contributed by atoms with van der Waals surface area (Å²) >= 11 is 6.06. The molecular formula is C15H16ClNO2. The van der Waals surface area contributed by atoms with Gasteiger partial charge in [-0.05, 0) is 31.2 Å². The molecule has 0 aliphatic carbocycles. The Balaban J connectivity index is 2.21. The topological polar surface area (TPSA) is 44.5 Å². The Hall–Kier alpha value is -1.87. The Kier molecular flexibility index (Phi) is 4.17. The molecular weight excluding hydrogens is 262 g/mol. The van der Waals surface area contributed by atoms with Crippen LogP contribution in [0.15, 0.2) is 36.4 Å². The highest BCUT2D eigenvalue weighted by atomic mass is 35.5. The van der Waals surface area contributed by atoms with Gasteiger partial charge in [0.2, 0.25) is 0 Å². The fourth-order valence-corrected chi connectivity index (χ4v) is 2.08. The lowest BCUT2D eigenvalue weighted by molar-refractivity contribution is 0.298. The minimum Gasteiger partial charge on any atom is -0.496 e. The molecule has 0 amide bonds. The van der Waals surface area contributed by atoms with Crippen molar-refractivity contribution in [2.24, 2.45) is 0 Å². The van der Waals surface area contributed by atoms with Gasteiger partial charge in [0.15, 0.2) is 5.75 Å². The van der Waals surface area contributed by atoms with E-state index in [2.05, 4.69) is 0 Å². The van der Waals surface area contributed by atoms with Gasteiger partial charge in [0.05, 0.1) is 17.8 Å². The molecule has 2 N–H and O–H groups in total. The molecule has 0 aromatic heterocycles. The molecule has 0 heterocycles. The second-order valence-electron chi connectivity index (χ2n) is 4.26. The molecule has 0 bridgehead atoms. The van der Waals surface area contributed by atoms with Crippen LogP contribution in [-0.2, 0) is 6.61 Å². The molecule has 0 atom stereocenters. The summed E-state index contributed by atoms with van der Waals surface area (Å²) in [6.45, 7) is 2.38. The van der Waals surface area contributed by atoms with Gasteiger partial charge in [-0.2, -0.15) is 0 Å². The summed E-state index contributed by atoms with van der Waals surface area (Å²) in [5.74, 6) is 1.30. The van der Waals surface area contributed by atoms with Crippen LogP contribution in [0.1, 0.15) is 11.1 Å². The van der Waals surface area contributed by atoms with Crippen molar-refractivity contribution >= 4 is 17.3 Å². The Morgan fingerprint density at radius 2 is 2.00 bits per heavy atom. The first-order valence-electron chi connectivity index (χ1n) is 5.92. The van der Waals surface area contributed by atoms with Crippen LogP contribution >= 0.6 is 11.6 Å². The number of anilines is 1. The lowest BCUT2D eigenvalue weighted by Crippen LogP contribution is -2.01. The zero-order valence-corrected chi connectivity index (χ0v) is 11.7. The van der Waals surface area contributed by atoms with Crippen molar-refractivity contribution in [3.63, 3.8) is 0 Å². The molecule has 0 aliphatic heterocycles. The molecule has 19 heavy (non-hydrogen) atoms. The maximum Gasteiger partial charge on any atom is 0.161 e. The minimum absolute atomic E-state index is 0.360. The zero-order valence-electron chi connectivity index (χ0n) is 10.9. The fraction of sp³-hybridized carbons (Fsp3) is 0.200. The lowest BCUT2D eigenvalue weighted by atomic mass is 10.1. The van der Waals surface area contributed by atoms with Gasteiger partial charge >= 0.3 is 0 Å². The molecule has 0 spiro atoms. The summed E-state index contributed by atoms with van der Waals surface area (Å²) in [5.41, 5.74) is 8.48. The van der Waals surface area contributed by atoms with Crippen molar-refractivity contribution in [2.45, 2.75) is 13.5 Å². The van der Waals surface area contributed by atoms with Crippen LogP contribution in [0.3, 0.4) is 0 Å². The Labute approximate surface area is 117 Å². The number of nitrogen functional groups attached to an aromatic ring is 1. The summed E-state index contributed by atoms with van der Waals surface area (Å²) < 4.78 is 11.0. The summed E-state index contributed by atoms with van der Waals surface area (Å²) in [4.78, 5) is 0. The van der Waals surface area contributed by atoms with E-state index < -0.39 is 0 Å². The van der Waals surface area contributed by atoms with Crippen molar-refractivity contribution in [2.75, 3.05) is 12.8 Å². The number of para-hydroxylation sites is 1. The molecule has 2 aromatic rings. The number of halogens is 1. The molecule has 2 aromatic carbocycles. The average molecular weight is 278 g/mol. The van der Waals surface area contributed by atoms with Crippen LogP contribution in [0, 0.1) is 6.92 Å². The number of nitrogens with two attached hydrogens (primary N) is 1. The number of benzene rings is 2. The maximum atomic E-state index is 6.06. The lowest BCUT2D eigenvalue weighted by Gasteiger charge is -2.13. The molecule has 0 radical (unpaired) electrons. The third-order valence-corrected chi connectivity index (χ3v) is 3.10. The summed E-state index contributed by atoms with van der Waals surface area (Å²) in [7, 11) is 1.64. The first-order valence-corrected chi connectivity index (χ1v) is 6.30. The Morgan fingerprint density at radius 1 is 1.21 bits per heavy atom. The third-order valence-electron chi connectivity index (χ3n) is 2.81. The minimum atomic E-state index is 0.360. The third kappa shape index (κ3) is 3.12. The predicted molar refractivity (Wildman–Crippen MR) is 77.9 cm³/mol. The van der Waals surface area contributed by atoms with Crippen molar-refractivity contribution < 1.29 is 9.47 Å². The molecule has 0 saturated heterocycles. The quantitative estimate of drug-likeness (QED) is 0.864.